The second kappa shape index (κ2) is 5.06. The van der Waals surface area contributed by atoms with Crippen LogP contribution in [0.2, 0.25) is 0 Å². The maximum Gasteiger partial charge on any atom is 0.211 e. The molecule has 0 saturated carbocycles. The van der Waals surface area contributed by atoms with Gasteiger partial charge in [-0.05, 0) is 19.3 Å². The summed E-state index contributed by atoms with van der Waals surface area (Å²) in [6, 6.07) is 0.0716. The zero-order valence-electron chi connectivity index (χ0n) is 8.48. The van der Waals surface area contributed by atoms with Crippen LogP contribution in [0.5, 0.6) is 0 Å². The van der Waals surface area contributed by atoms with E-state index in [2.05, 4.69) is 4.84 Å². The van der Waals surface area contributed by atoms with Crippen molar-refractivity contribution in [2.45, 2.75) is 31.7 Å². The van der Waals surface area contributed by atoms with Gasteiger partial charge in [-0.2, -0.15) is 4.31 Å². The average Bonchev–Trinajstić information content (AvgIpc) is 2.14. The Bertz CT molecular complexity index is 266. The van der Waals surface area contributed by atoms with Crippen molar-refractivity contribution >= 4 is 10.0 Å². The monoisotopic (exact) mass is 222 g/mol. The van der Waals surface area contributed by atoms with E-state index in [1.165, 1.54) is 6.26 Å². The van der Waals surface area contributed by atoms with Crippen molar-refractivity contribution in [2.24, 2.45) is 5.90 Å². The molecule has 5 nitrogen and oxygen atoms in total. The Morgan fingerprint density at radius 2 is 2.21 bits per heavy atom. The van der Waals surface area contributed by atoms with Crippen LogP contribution in [0.1, 0.15) is 25.7 Å². The summed E-state index contributed by atoms with van der Waals surface area (Å²) in [5.41, 5.74) is 0. The quantitative estimate of drug-likeness (QED) is 0.684. The van der Waals surface area contributed by atoms with Crippen molar-refractivity contribution in [3.8, 4) is 0 Å². The lowest BCUT2D eigenvalue weighted by molar-refractivity contribution is 0.109. The highest BCUT2D eigenvalue weighted by Crippen LogP contribution is 2.21. The largest absolute Gasteiger partial charge is 0.305 e. The molecule has 1 fully saturated rings. The maximum absolute atomic E-state index is 11.4. The molecule has 1 aliphatic rings. The van der Waals surface area contributed by atoms with Gasteiger partial charge in [-0.15, -0.1) is 0 Å². The lowest BCUT2D eigenvalue weighted by Gasteiger charge is -2.33. The molecule has 0 bridgehead atoms. The van der Waals surface area contributed by atoms with Gasteiger partial charge in [-0.3, -0.25) is 0 Å². The zero-order valence-corrected chi connectivity index (χ0v) is 9.29. The SMILES string of the molecule is CS(=O)(=O)N1CCCCC1CCON. The van der Waals surface area contributed by atoms with Crippen LogP contribution in [0.4, 0.5) is 0 Å². The molecule has 84 valence electrons. The normalized spacial score (nSPS) is 25.1. The number of hydrogen-bond donors (Lipinski definition) is 1. The Kier molecular flexibility index (Phi) is 4.31. The van der Waals surface area contributed by atoms with Gasteiger partial charge in [-0.1, -0.05) is 6.42 Å². The second-order valence-corrected chi connectivity index (χ2v) is 5.62. The molecule has 1 aliphatic heterocycles. The summed E-state index contributed by atoms with van der Waals surface area (Å²) in [7, 11) is -3.07. The molecule has 0 aromatic rings. The highest BCUT2D eigenvalue weighted by atomic mass is 32.2. The number of nitrogens with zero attached hydrogens (tertiary/aromatic N) is 1. The van der Waals surface area contributed by atoms with E-state index in [0.717, 1.165) is 19.3 Å². The molecule has 1 saturated heterocycles. The average molecular weight is 222 g/mol. The van der Waals surface area contributed by atoms with Gasteiger partial charge in [-0.25, -0.2) is 14.3 Å². The fourth-order valence-corrected chi connectivity index (χ4v) is 3.12. The fourth-order valence-electron chi connectivity index (χ4n) is 1.90. The summed E-state index contributed by atoms with van der Waals surface area (Å²) in [6.45, 7) is 1.05. The van der Waals surface area contributed by atoms with Gasteiger partial charge in [0.05, 0.1) is 12.9 Å². The van der Waals surface area contributed by atoms with E-state index in [9.17, 15) is 8.42 Å². The first-order chi connectivity index (χ1) is 6.55. The maximum atomic E-state index is 11.4. The topological polar surface area (TPSA) is 72.6 Å². The van der Waals surface area contributed by atoms with Gasteiger partial charge < -0.3 is 4.84 Å². The van der Waals surface area contributed by atoms with E-state index in [-0.39, 0.29) is 6.04 Å². The van der Waals surface area contributed by atoms with Crippen molar-refractivity contribution in [1.82, 2.24) is 4.31 Å². The summed E-state index contributed by atoms with van der Waals surface area (Å²) in [5, 5.41) is 0. The summed E-state index contributed by atoms with van der Waals surface area (Å²) < 4.78 is 24.4. The van der Waals surface area contributed by atoms with E-state index >= 15 is 0 Å². The molecule has 0 aromatic carbocycles. The summed E-state index contributed by atoms with van der Waals surface area (Å²) >= 11 is 0. The van der Waals surface area contributed by atoms with Crippen molar-refractivity contribution in [3.63, 3.8) is 0 Å². The molecule has 6 heteroatoms. The fraction of sp³-hybridized carbons (Fsp3) is 1.00. The molecule has 1 unspecified atom stereocenters. The number of hydrogen-bond acceptors (Lipinski definition) is 4. The Morgan fingerprint density at radius 3 is 2.79 bits per heavy atom. The molecular formula is C8H18N2O3S. The van der Waals surface area contributed by atoms with Crippen LogP contribution in [-0.4, -0.2) is 38.2 Å². The van der Waals surface area contributed by atoms with E-state index in [1.54, 1.807) is 4.31 Å². The highest BCUT2D eigenvalue weighted by molar-refractivity contribution is 7.88. The first-order valence-electron chi connectivity index (χ1n) is 4.84. The van der Waals surface area contributed by atoms with E-state index in [0.29, 0.717) is 19.6 Å². The third kappa shape index (κ3) is 3.20. The van der Waals surface area contributed by atoms with Gasteiger partial charge in [0.15, 0.2) is 0 Å². The molecule has 0 radical (unpaired) electrons. The van der Waals surface area contributed by atoms with E-state index < -0.39 is 10.0 Å². The van der Waals surface area contributed by atoms with Crippen LogP contribution < -0.4 is 5.90 Å². The van der Waals surface area contributed by atoms with Gasteiger partial charge >= 0.3 is 0 Å². The molecule has 0 aliphatic carbocycles. The molecule has 0 amide bonds. The molecule has 1 rings (SSSR count). The highest BCUT2D eigenvalue weighted by Gasteiger charge is 2.28. The Morgan fingerprint density at radius 1 is 1.50 bits per heavy atom. The predicted molar refractivity (Wildman–Crippen MR) is 53.9 cm³/mol. The van der Waals surface area contributed by atoms with Gasteiger partial charge in [0.1, 0.15) is 0 Å². The third-order valence-corrected chi connectivity index (χ3v) is 3.90. The van der Waals surface area contributed by atoms with Crippen LogP contribution in [-0.2, 0) is 14.9 Å². The number of rotatable bonds is 4. The standard InChI is InChI=1S/C8H18N2O3S/c1-14(11,12)10-6-3-2-4-8(10)5-7-13-9/h8H,2-7,9H2,1H3. The summed E-state index contributed by atoms with van der Waals surface area (Å²) in [5.74, 6) is 4.93. The Labute approximate surface area is 85.2 Å². The van der Waals surface area contributed by atoms with Crippen molar-refractivity contribution in [2.75, 3.05) is 19.4 Å². The minimum atomic E-state index is -3.07. The molecule has 1 heterocycles. The van der Waals surface area contributed by atoms with Crippen LogP contribution in [0.25, 0.3) is 0 Å². The van der Waals surface area contributed by atoms with Crippen molar-refractivity contribution < 1.29 is 13.3 Å². The summed E-state index contributed by atoms with van der Waals surface area (Å²) in [6.07, 6.45) is 4.89. The van der Waals surface area contributed by atoms with Gasteiger partial charge in [0, 0.05) is 12.6 Å². The molecule has 0 spiro atoms. The smallest absolute Gasteiger partial charge is 0.211 e. The first-order valence-corrected chi connectivity index (χ1v) is 6.69. The van der Waals surface area contributed by atoms with Crippen LogP contribution in [0, 0.1) is 0 Å². The van der Waals surface area contributed by atoms with Gasteiger partial charge in [0.25, 0.3) is 0 Å². The first kappa shape index (κ1) is 11.9. The molecular weight excluding hydrogens is 204 g/mol. The predicted octanol–water partition coefficient (Wildman–Crippen LogP) is 0.0809. The lowest BCUT2D eigenvalue weighted by Crippen LogP contribution is -2.43. The summed E-state index contributed by atoms with van der Waals surface area (Å²) in [4.78, 5) is 4.48. The third-order valence-electron chi connectivity index (χ3n) is 2.57. The molecule has 2 N–H and O–H groups in total. The number of piperidine rings is 1. The zero-order chi connectivity index (χ0) is 10.6. The Hall–Kier alpha value is -0.170. The lowest BCUT2D eigenvalue weighted by atomic mass is 10.0. The minimum Gasteiger partial charge on any atom is -0.305 e. The van der Waals surface area contributed by atoms with Crippen molar-refractivity contribution in [3.05, 3.63) is 0 Å². The van der Waals surface area contributed by atoms with Crippen molar-refractivity contribution in [1.29, 1.82) is 0 Å². The molecule has 14 heavy (non-hydrogen) atoms. The molecule has 0 aromatic heterocycles. The van der Waals surface area contributed by atoms with Crippen LogP contribution in [0.15, 0.2) is 0 Å². The number of sulfonamides is 1. The second-order valence-electron chi connectivity index (χ2n) is 3.68. The van der Waals surface area contributed by atoms with Gasteiger partial charge in [0.2, 0.25) is 10.0 Å². The van der Waals surface area contributed by atoms with Crippen LogP contribution >= 0.6 is 0 Å². The Balaban J connectivity index is 2.60. The van der Waals surface area contributed by atoms with E-state index in [1.807, 2.05) is 0 Å². The minimum absolute atomic E-state index is 0.0716. The van der Waals surface area contributed by atoms with Crippen LogP contribution in [0.3, 0.4) is 0 Å². The van der Waals surface area contributed by atoms with E-state index in [4.69, 9.17) is 5.90 Å². The number of nitrogens with two attached hydrogens (primary N) is 1. The molecule has 1 atom stereocenters.